The largest absolute Gasteiger partial charge is 0.306 e. The Bertz CT molecular complexity index is 918. The lowest BCUT2D eigenvalue weighted by Crippen LogP contribution is -2.32. The van der Waals surface area contributed by atoms with Crippen molar-refractivity contribution in [2.45, 2.75) is 30.4 Å². The van der Waals surface area contributed by atoms with Crippen molar-refractivity contribution in [2.75, 3.05) is 11.4 Å². The van der Waals surface area contributed by atoms with E-state index in [9.17, 15) is 4.79 Å². The van der Waals surface area contributed by atoms with Gasteiger partial charge in [0, 0.05) is 28.6 Å². The summed E-state index contributed by atoms with van der Waals surface area (Å²) in [4.78, 5) is 20.7. The Morgan fingerprint density at radius 1 is 1.21 bits per heavy atom. The van der Waals surface area contributed by atoms with Gasteiger partial charge in [0.15, 0.2) is 0 Å². The molecule has 5 heteroatoms. The van der Waals surface area contributed by atoms with Crippen LogP contribution in [0.4, 0.5) is 5.69 Å². The summed E-state index contributed by atoms with van der Waals surface area (Å²) in [6, 6.07) is 14.0. The average molecular weight is 337 g/mol. The number of para-hydroxylation sites is 1. The molecule has 1 amide bonds. The molecule has 0 spiro atoms. The number of pyridine rings is 1. The van der Waals surface area contributed by atoms with E-state index >= 15 is 0 Å². The second-order valence-electron chi connectivity index (χ2n) is 6.16. The fraction of sp³-hybridized carbons (Fsp3) is 0.263. The van der Waals surface area contributed by atoms with Crippen molar-refractivity contribution in [3.05, 3.63) is 60.0 Å². The standard InChI is InChI=1S/C19H19N3OS/c1-13-6-5-9-18-20-15(12-22(13)18)19(23)21-11-10-14(2)24-17-8-4-3-7-16(17)21/h3-9,12,14H,10-11H2,1-2H3. The number of rotatable bonds is 1. The average Bonchev–Trinajstić information content (AvgIpc) is 2.94. The fourth-order valence-corrected chi connectivity index (χ4v) is 4.20. The van der Waals surface area contributed by atoms with E-state index in [0.717, 1.165) is 34.9 Å². The highest BCUT2D eigenvalue weighted by molar-refractivity contribution is 8.00. The van der Waals surface area contributed by atoms with Crippen LogP contribution in [0.2, 0.25) is 0 Å². The molecule has 1 atom stereocenters. The van der Waals surface area contributed by atoms with Gasteiger partial charge in [-0.05, 0) is 37.6 Å². The summed E-state index contributed by atoms with van der Waals surface area (Å²) in [6.45, 7) is 4.95. The maximum Gasteiger partial charge on any atom is 0.278 e. The lowest BCUT2D eigenvalue weighted by atomic mass is 10.2. The smallest absolute Gasteiger partial charge is 0.278 e. The monoisotopic (exact) mass is 337 g/mol. The van der Waals surface area contributed by atoms with Crippen molar-refractivity contribution in [3.8, 4) is 0 Å². The van der Waals surface area contributed by atoms with Gasteiger partial charge in [0.2, 0.25) is 0 Å². The Labute approximate surface area is 145 Å². The number of hydrogen-bond donors (Lipinski definition) is 0. The number of carbonyl (C=O) groups excluding carboxylic acids is 1. The van der Waals surface area contributed by atoms with E-state index in [2.05, 4.69) is 18.0 Å². The molecule has 0 saturated heterocycles. The van der Waals surface area contributed by atoms with Crippen LogP contribution in [0.5, 0.6) is 0 Å². The number of fused-ring (bicyclic) bond motifs is 2. The van der Waals surface area contributed by atoms with Gasteiger partial charge in [0.05, 0.1) is 5.69 Å². The van der Waals surface area contributed by atoms with Crippen LogP contribution in [0, 0.1) is 6.92 Å². The summed E-state index contributed by atoms with van der Waals surface area (Å²) >= 11 is 1.84. The SMILES string of the molecule is Cc1cccc2nc(C(=O)N3CCC(C)Sc4ccccc43)cn12. The summed E-state index contributed by atoms with van der Waals surface area (Å²) in [5.41, 5.74) is 3.37. The van der Waals surface area contributed by atoms with Crippen LogP contribution in [-0.2, 0) is 0 Å². The number of thioether (sulfide) groups is 1. The van der Waals surface area contributed by atoms with Crippen molar-refractivity contribution >= 4 is 29.0 Å². The summed E-state index contributed by atoms with van der Waals surface area (Å²) in [7, 11) is 0. The van der Waals surface area contributed by atoms with Gasteiger partial charge in [-0.15, -0.1) is 11.8 Å². The number of anilines is 1. The van der Waals surface area contributed by atoms with Gasteiger partial charge in [-0.3, -0.25) is 4.79 Å². The van der Waals surface area contributed by atoms with Crippen LogP contribution < -0.4 is 4.90 Å². The number of imidazole rings is 1. The third-order valence-corrected chi connectivity index (χ3v) is 5.64. The lowest BCUT2D eigenvalue weighted by Gasteiger charge is -2.21. The first-order valence-corrected chi connectivity index (χ1v) is 9.04. The van der Waals surface area contributed by atoms with Gasteiger partial charge in [0.1, 0.15) is 11.3 Å². The van der Waals surface area contributed by atoms with Crippen LogP contribution in [-0.4, -0.2) is 27.1 Å². The zero-order valence-corrected chi connectivity index (χ0v) is 14.6. The van der Waals surface area contributed by atoms with Crippen LogP contribution in [0.3, 0.4) is 0 Å². The van der Waals surface area contributed by atoms with E-state index in [4.69, 9.17) is 0 Å². The van der Waals surface area contributed by atoms with Crippen LogP contribution in [0.25, 0.3) is 5.65 Å². The van der Waals surface area contributed by atoms with Crippen LogP contribution in [0.15, 0.2) is 53.6 Å². The highest BCUT2D eigenvalue weighted by atomic mass is 32.2. The molecule has 3 heterocycles. The number of nitrogens with zero attached hydrogens (tertiary/aromatic N) is 3. The van der Waals surface area contributed by atoms with E-state index in [0.29, 0.717) is 10.9 Å². The maximum absolute atomic E-state index is 13.1. The van der Waals surface area contributed by atoms with E-state index in [1.807, 2.05) is 70.6 Å². The molecular weight excluding hydrogens is 318 g/mol. The molecular formula is C19H19N3OS. The highest BCUT2D eigenvalue weighted by Crippen LogP contribution is 2.37. The number of aromatic nitrogens is 2. The molecule has 0 N–H and O–H groups in total. The number of benzene rings is 1. The Morgan fingerprint density at radius 2 is 2.04 bits per heavy atom. The van der Waals surface area contributed by atoms with Crippen LogP contribution >= 0.6 is 11.8 Å². The summed E-state index contributed by atoms with van der Waals surface area (Å²) < 4.78 is 1.97. The van der Waals surface area contributed by atoms with Gasteiger partial charge in [0.25, 0.3) is 5.91 Å². The number of carbonyl (C=O) groups is 1. The number of hydrogen-bond acceptors (Lipinski definition) is 3. The molecule has 3 aromatic rings. The van der Waals surface area contributed by atoms with E-state index < -0.39 is 0 Å². The molecule has 0 bridgehead atoms. The zero-order valence-electron chi connectivity index (χ0n) is 13.8. The van der Waals surface area contributed by atoms with Crippen LogP contribution in [0.1, 0.15) is 29.5 Å². The third kappa shape index (κ3) is 2.59. The molecule has 24 heavy (non-hydrogen) atoms. The van der Waals surface area contributed by atoms with Gasteiger partial charge < -0.3 is 9.30 Å². The van der Waals surface area contributed by atoms with Gasteiger partial charge >= 0.3 is 0 Å². The predicted octanol–water partition coefficient (Wildman–Crippen LogP) is 4.17. The molecule has 4 nitrogen and oxygen atoms in total. The predicted molar refractivity (Wildman–Crippen MR) is 98.0 cm³/mol. The van der Waals surface area contributed by atoms with E-state index in [1.54, 1.807) is 0 Å². The summed E-state index contributed by atoms with van der Waals surface area (Å²) in [6.07, 6.45) is 2.81. The fourth-order valence-electron chi connectivity index (χ4n) is 3.09. The van der Waals surface area contributed by atoms with Gasteiger partial charge in [-0.25, -0.2) is 4.98 Å². The first-order valence-electron chi connectivity index (χ1n) is 8.16. The normalized spacial score (nSPS) is 17.6. The molecule has 1 aromatic carbocycles. The Hall–Kier alpha value is -2.27. The van der Waals surface area contributed by atoms with Crippen molar-refractivity contribution in [1.29, 1.82) is 0 Å². The Balaban J connectivity index is 1.76. The molecule has 0 aliphatic carbocycles. The number of amides is 1. The summed E-state index contributed by atoms with van der Waals surface area (Å²) in [5.74, 6) is -0.0275. The van der Waals surface area contributed by atoms with Gasteiger partial charge in [-0.1, -0.05) is 25.1 Å². The van der Waals surface area contributed by atoms with Crippen molar-refractivity contribution in [3.63, 3.8) is 0 Å². The van der Waals surface area contributed by atoms with E-state index in [1.165, 1.54) is 0 Å². The van der Waals surface area contributed by atoms with Crippen molar-refractivity contribution in [2.24, 2.45) is 0 Å². The minimum Gasteiger partial charge on any atom is -0.306 e. The second kappa shape index (κ2) is 5.98. The summed E-state index contributed by atoms with van der Waals surface area (Å²) in [5, 5.41) is 0.493. The Morgan fingerprint density at radius 3 is 2.88 bits per heavy atom. The van der Waals surface area contributed by atoms with Crippen molar-refractivity contribution in [1.82, 2.24) is 9.38 Å². The second-order valence-corrected chi connectivity index (χ2v) is 7.64. The molecule has 0 fully saturated rings. The molecule has 2 aromatic heterocycles. The highest BCUT2D eigenvalue weighted by Gasteiger charge is 2.26. The maximum atomic E-state index is 13.1. The first-order chi connectivity index (χ1) is 11.6. The van der Waals surface area contributed by atoms with Gasteiger partial charge in [-0.2, -0.15) is 0 Å². The number of aryl methyl sites for hydroxylation is 1. The van der Waals surface area contributed by atoms with Crippen molar-refractivity contribution < 1.29 is 4.79 Å². The quantitative estimate of drug-likeness (QED) is 0.669. The third-order valence-electron chi connectivity index (χ3n) is 4.40. The zero-order chi connectivity index (χ0) is 16.7. The first kappa shape index (κ1) is 15.3. The Kier molecular flexibility index (Phi) is 3.81. The minimum absolute atomic E-state index is 0.0275. The molecule has 122 valence electrons. The molecule has 1 unspecified atom stereocenters. The molecule has 1 aliphatic heterocycles. The minimum atomic E-state index is -0.0275. The molecule has 4 rings (SSSR count). The molecule has 0 radical (unpaired) electrons. The molecule has 0 saturated carbocycles. The topological polar surface area (TPSA) is 37.6 Å². The molecule has 1 aliphatic rings. The lowest BCUT2D eigenvalue weighted by molar-refractivity contribution is 0.0982. The van der Waals surface area contributed by atoms with E-state index in [-0.39, 0.29) is 5.91 Å².